The Morgan fingerprint density at radius 2 is 2.11 bits per heavy atom. The fourth-order valence-electron chi connectivity index (χ4n) is 3.85. The Kier molecular flexibility index (Phi) is 7.13. The van der Waals surface area contributed by atoms with Crippen molar-refractivity contribution in [1.29, 1.82) is 5.26 Å². The van der Waals surface area contributed by atoms with Crippen LogP contribution in [0, 0.1) is 18.3 Å². The van der Waals surface area contributed by atoms with E-state index in [0.29, 0.717) is 34.5 Å². The molecule has 0 unspecified atom stereocenters. The van der Waals surface area contributed by atoms with E-state index in [0.717, 1.165) is 35.3 Å². The zero-order valence-electron chi connectivity index (χ0n) is 19.4. The van der Waals surface area contributed by atoms with E-state index in [1.807, 2.05) is 49.2 Å². The Hall–Kier alpha value is -4.16. The molecule has 10 heteroatoms. The minimum atomic E-state index is -0.377. The highest BCUT2D eigenvalue weighted by Gasteiger charge is 2.18. The van der Waals surface area contributed by atoms with Crippen LogP contribution in [0.25, 0.3) is 0 Å². The second kappa shape index (κ2) is 10.4. The molecule has 0 saturated carbocycles. The summed E-state index contributed by atoms with van der Waals surface area (Å²) in [5.74, 6) is 0.392. The molecule has 0 saturated heterocycles. The minimum absolute atomic E-state index is 0.0264. The number of para-hydroxylation sites is 1. The predicted octanol–water partition coefficient (Wildman–Crippen LogP) is 4.48. The molecular formula is C25H24ClN7O2. The number of carbonyl (C=O) groups is 2. The maximum Gasteiger partial charge on any atom is 0.254 e. The number of anilines is 5. The summed E-state index contributed by atoms with van der Waals surface area (Å²) in [6, 6.07) is 13.0. The van der Waals surface area contributed by atoms with Crippen LogP contribution < -0.4 is 20.9 Å². The number of nitriles is 1. The smallest absolute Gasteiger partial charge is 0.254 e. The van der Waals surface area contributed by atoms with Crippen molar-refractivity contribution in [2.75, 3.05) is 29.1 Å². The number of benzene rings is 2. The van der Waals surface area contributed by atoms with Crippen LogP contribution in [0.1, 0.15) is 34.3 Å². The van der Waals surface area contributed by atoms with E-state index in [9.17, 15) is 9.59 Å². The van der Waals surface area contributed by atoms with Crippen molar-refractivity contribution in [2.45, 2.75) is 26.2 Å². The lowest BCUT2D eigenvalue weighted by atomic mass is 10.1. The van der Waals surface area contributed by atoms with Gasteiger partial charge in [0.1, 0.15) is 11.6 Å². The Labute approximate surface area is 208 Å². The molecule has 2 heterocycles. The van der Waals surface area contributed by atoms with Gasteiger partial charge in [0, 0.05) is 24.8 Å². The number of aromatic nitrogens is 2. The lowest BCUT2D eigenvalue weighted by Crippen LogP contribution is -2.24. The zero-order chi connectivity index (χ0) is 24.9. The van der Waals surface area contributed by atoms with E-state index in [1.165, 1.54) is 6.20 Å². The van der Waals surface area contributed by atoms with Crippen LogP contribution in [-0.4, -0.2) is 35.4 Å². The quantitative estimate of drug-likeness (QED) is 0.436. The first-order chi connectivity index (χ1) is 16.9. The van der Waals surface area contributed by atoms with Gasteiger partial charge in [0.15, 0.2) is 5.82 Å². The molecule has 35 heavy (non-hydrogen) atoms. The van der Waals surface area contributed by atoms with Gasteiger partial charge in [-0.1, -0.05) is 23.7 Å². The molecule has 2 aromatic carbocycles. The van der Waals surface area contributed by atoms with Crippen LogP contribution in [0.4, 0.5) is 28.8 Å². The van der Waals surface area contributed by atoms with Crippen molar-refractivity contribution in [2.24, 2.45) is 0 Å². The van der Waals surface area contributed by atoms with Gasteiger partial charge >= 0.3 is 0 Å². The number of fused-ring (bicyclic) bond motifs is 1. The van der Waals surface area contributed by atoms with Crippen molar-refractivity contribution >= 4 is 52.2 Å². The first kappa shape index (κ1) is 24.0. The maximum absolute atomic E-state index is 12.6. The number of hydrogen-bond donors (Lipinski definition) is 3. The molecule has 178 valence electrons. The van der Waals surface area contributed by atoms with E-state index in [1.54, 1.807) is 12.1 Å². The first-order valence-electron chi connectivity index (χ1n) is 11.1. The van der Waals surface area contributed by atoms with E-state index in [4.69, 9.17) is 16.9 Å². The van der Waals surface area contributed by atoms with E-state index < -0.39 is 0 Å². The molecular weight excluding hydrogens is 466 g/mol. The fraction of sp³-hybridized carbons (Fsp3) is 0.240. The van der Waals surface area contributed by atoms with Crippen LogP contribution in [-0.2, 0) is 11.2 Å². The van der Waals surface area contributed by atoms with Gasteiger partial charge in [0.25, 0.3) is 5.91 Å². The van der Waals surface area contributed by atoms with Crippen molar-refractivity contribution in [3.63, 3.8) is 0 Å². The molecule has 3 N–H and O–H groups in total. The average Bonchev–Trinajstić information content (AvgIpc) is 3.04. The summed E-state index contributed by atoms with van der Waals surface area (Å²) in [5, 5.41) is 17.8. The van der Waals surface area contributed by atoms with Crippen LogP contribution in [0.3, 0.4) is 0 Å². The highest BCUT2D eigenvalue weighted by Crippen LogP contribution is 2.32. The number of hydrogen-bond acceptors (Lipinski definition) is 7. The Morgan fingerprint density at radius 1 is 1.29 bits per heavy atom. The monoisotopic (exact) mass is 489 g/mol. The Bertz CT molecular complexity index is 1340. The number of rotatable bonds is 6. The predicted molar refractivity (Wildman–Crippen MR) is 136 cm³/mol. The number of amides is 2. The van der Waals surface area contributed by atoms with Crippen LogP contribution >= 0.6 is 11.6 Å². The first-order valence-corrected chi connectivity index (χ1v) is 11.5. The summed E-state index contributed by atoms with van der Waals surface area (Å²) in [4.78, 5) is 35.2. The van der Waals surface area contributed by atoms with E-state index in [2.05, 4.69) is 25.9 Å². The average molecular weight is 490 g/mol. The van der Waals surface area contributed by atoms with Gasteiger partial charge < -0.3 is 20.9 Å². The molecule has 0 aliphatic carbocycles. The molecule has 1 aromatic heterocycles. The largest absolute Gasteiger partial charge is 0.339 e. The van der Waals surface area contributed by atoms with E-state index >= 15 is 0 Å². The summed E-state index contributed by atoms with van der Waals surface area (Å²) in [6.45, 7) is 1.76. The van der Waals surface area contributed by atoms with Crippen LogP contribution in [0.15, 0.2) is 42.6 Å². The van der Waals surface area contributed by atoms with Crippen molar-refractivity contribution in [3.8, 4) is 6.07 Å². The molecule has 0 bridgehead atoms. The third kappa shape index (κ3) is 5.34. The topological polar surface area (TPSA) is 123 Å². The summed E-state index contributed by atoms with van der Waals surface area (Å²) >= 11 is 6.40. The maximum atomic E-state index is 12.6. The van der Waals surface area contributed by atoms with Gasteiger partial charge in [-0.15, -0.1) is 0 Å². The Balaban J connectivity index is 1.63. The summed E-state index contributed by atoms with van der Waals surface area (Å²) in [5.41, 5.74) is 4.47. The van der Waals surface area contributed by atoms with Gasteiger partial charge in [-0.2, -0.15) is 10.2 Å². The second-order valence-corrected chi connectivity index (χ2v) is 8.54. The molecule has 0 spiro atoms. The standard InChI is InChI=1S/C25H24ClN7O2/c1-15-5-3-7-18(24(35)28-12-11-27)22(15)31-23-19(26)14-29-25(32-23)33(2)17-9-10-20-16(13-17)6-4-8-21(34)30-20/h3,5,7,9-10,13-14H,4,6,8,12H2,1-2H3,(H,28,35)(H,30,34)(H,29,31,32). The molecule has 1 aliphatic heterocycles. The van der Waals surface area contributed by atoms with Crippen molar-refractivity contribution < 1.29 is 9.59 Å². The van der Waals surface area contributed by atoms with Gasteiger partial charge in [0.05, 0.1) is 23.5 Å². The molecule has 0 fully saturated rings. The van der Waals surface area contributed by atoms with Crippen molar-refractivity contribution in [1.82, 2.24) is 15.3 Å². The second-order valence-electron chi connectivity index (χ2n) is 8.13. The van der Waals surface area contributed by atoms with Gasteiger partial charge in [-0.25, -0.2) is 4.98 Å². The molecule has 4 rings (SSSR count). The minimum Gasteiger partial charge on any atom is -0.339 e. The zero-order valence-corrected chi connectivity index (χ0v) is 20.1. The molecule has 2 amide bonds. The SMILES string of the molecule is Cc1cccc(C(=O)NCC#N)c1Nc1nc(N(C)c2ccc3c(c2)CCCC(=O)N3)ncc1Cl. The lowest BCUT2D eigenvalue weighted by molar-refractivity contribution is -0.116. The number of nitrogens with zero attached hydrogens (tertiary/aromatic N) is 4. The number of carbonyl (C=O) groups excluding carboxylic acids is 2. The highest BCUT2D eigenvalue weighted by molar-refractivity contribution is 6.33. The molecule has 0 radical (unpaired) electrons. The van der Waals surface area contributed by atoms with E-state index in [-0.39, 0.29) is 18.4 Å². The third-order valence-electron chi connectivity index (χ3n) is 5.72. The molecule has 9 nitrogen and oxygen atoms in total. The molecule has 3 aromatic rings. The number of halogens is 1. The molecule has 0 atom stereocenters. The van der Waals surface area contributed by atoms with Gasteiger partial charge in [-0.3, -0.25) is 9.59 Å². The molecule has 1 aliphatic rings. The van der Waals surface area contributed by atoms with Crippen LogP contribution in [0.5, 0.6) is 0 Å². The van der Waals surface area contributed by atoms with Crippen LogP contribution in [0.2, 0.25) is 5.02 Å². The summed E-state index contributed by atoms with van der Waals surface area (Å²) < 4.78 is 0. The third-order valence-corrected chi connectivity index (χ3v) is 6.00. The van der Waals surface area contributed by atoms with Crippen molar-refractivity contribution in [3.05, 3.63) is 64.3 Å². The Morgan fingerprint density at radius 3 is 2.91 bits per heavy atom. The van der Waals surface area contributed by atoms with Gasteiger partial charge in [-0.05, 0) is 55.2 Å². The number of aryl methyl sites for hydroxylation is 2. The normalized spacial score (nSPS) is 12.6. The number of nitrogens with one attached hydrogen (secondary N) is 3. The highest BCUT2D eigenvalue weighted by atomic mass is 35.5. The lowest BCUT2D eigenvalue weighted by Gasteiger charge is -2.21. The summed E-state index contributed by atoms with van der Waals surface area (Å²) in [7, 11) is 1.85. The fourth-order valence-corrected chi connectivity index (χ4v) is 3.99. The van der Waals surface area contributed by atoms with Gasteiger partial charge in [0.2, 0.25) is 11.9 Å². The summed E-state index contributed by atoms with van der Waals surface area (Å²) in [6.07, 6.45) is 3.59.